The molecule has 114 valence electrons. The zero-order valence-electron chi connectivity index (χ0n) is 12.4. The first-order valence-electron chi connectivity index (χ1n) is 6.69. The molecule has 0 saturated carbocycles. The summed E-state index contributed by atoms with van der Waals surface area (Å²) in [6.07, 6.45) is 0.748. The lowest BCUT2D eigenvalue weighted by atomic mass is 9.88. The number of carbonyl (C=O) groups excluding carboxylic acids is 1. The molecule has 0 aromatic heterocycles. The Labute approximate surface area is 124 Å². The molecule has 1 heterocycles. The van der Waals surface area contributed by atoms with E-state index in [0.29, 0.717) is 17.8 Å². The Bertz CT molecular complexity index is 593. The maximum atomic E-state index is 12.4. The Hall–Kier alpha value is -1.58. The van der Waals surface area contributed by atoms with Gasteiger partial charge in [-0.25, -0.2) is 9.36 Å². The molecule has 2 rings (SSSR count). The van der Waals surface area contributed by atoms with Crippen molar-refractivity contribution in [3.8, 4) is 0 Å². The van der Waals surface area contributed by atoms with E-state index in [1.165, 1.54) is 14.2 Å². The topological polar surface area (TPSA) is 61.8 Å². The zero-order chi connectivity index (χ0) is 15.5. The molecule has 2 atom stereocenters. The summed E-state index contributed by atoms with van der Waals surface area (Å²) in [5.74, 6) is -0.381. The maximum Gasteiger partial charge on any atom is 0.378 e. The molecule has 0 spiro atoms. The number of esters is 1. The van der Waals surface area contributed by atoms with E-state index < -0.39 is 13.6 Å². The van der Waals surface area contributed by atoms with Gasteiger partial charge in [-0.2, -0.15) is 0 Å². The van der Waals surface area contributed by atoms with Gasteiger partial charge in [0.05, 0.1) is 18.8 Å². The van der Waals surface area contributed by atoms with Gasteiger partial charge in [0, 0.05) is 13.0 Å². The summed E-state index contributed by atoms with van der Waals surface area (Å²) in [4.78, 5) is 12.1. The molecular weight excluding hydrogens is 291 g/mol. The van der Waals surface area contributed by atoms with Gasteiger partial charge >= 0.3 is 13.6 Å². The average Bonchev–Trinajstić information content (AvgIpc) is 2.64. The van der Waals surface area contributed by atoms with Crippen LogP contribution in [0.5, 0.6) is 0 Å². The molecule has 0 amide bonds. The predicted molar refractivity (Wildman–Crippen MR) is 79.1 cm³/mol. The molecule has 0 radical (unpaired) electrons. The maximum absolute atomic E-state index is 12.4. The van der Waals surface area contributed by atoms with Crippen molar-refractivity contribution < 1.29 is 23.1 Å². The molecule has 1 aliphatic heterocycles. The number of carbonyl (C=O) groups is 1. The molecule has 5 nitrogen and oxygen atoms in total. The lowest BCUT2D eigenvalue weighted by Gasteiger charge is -2.17. The number of ether oxygens (including phenoxy) is 1. The van der Waals surface area contributed by atoms with Crippen LogP contribution in [0, 0.1) is 0 Å². The molecule has 0 unspecified atom stereocenters. The van der Waals surface area contributed by atoms with Crippen LogP contribution in [0.3, 0.4) is 0 Å². The minimum Gasteiger partial charge on any atom is -0.466 e. The average molecular weight is 310 g/mol. The quantitative estimate of drug-likeness (QED) is 0.632. The lowest BCUT2D eigenvalue weighted by molar-refractivity contribution is -0.136. The van der Waals surface area contributed by atoms with Crippen LogP contribution in [0.1, 0.15) is 24.8 Å². The second-order valence-electron chi connectivity index (χ2n) is 4.82. The third-order valence-corrected chi connectivity index (χ3v) is 5.50. The molecular formula is C15H19O5P. The number of hydrogen-bond acceptors (Lipinski definition) is 5. The molecule has 1 aliphatic rings. The highest BCUT2D eigenvalue weighted by molar-refractivity contribution is 7.53. The second kappa shape index (κ2) is 6.46. The van der Waals surface area contributed by atoms with Crippen LogP contribution in [0.15, 0.2) is 41.7 Å². The lowest BCUT2D eigenvalue weighted by Crippen LogP contribution is -2.15. The molecule has 0 saturated heterocycles. The summed E-state index contributed by atoms with van der Waals surface area (Å²) in [7, 11) is -0.524. The summed E-state index contributed by atoms with van der Waals surface area (Å²) < 4.78 is 27.8. The molecule has 0 fully saturated rings. The fraction of sp³-hybridized carbons (Fsp3) is 0.400. The van der Waals surface area contributed by atoms with Gasteiger partial charge in [0.25, 0.3) is 0 Å². The highest BCUT2D eigenvalue weighted by atomic mass is 31.2. The molecule has 1 aromatic rings. The Balaban J connectivity index is 2.50. The van der Waals surface area contributed by atoms with Crippen molar-refractivity contribution in [2.75, 3.05) is 20.4 Å². The highest BCUT2D eigenvalue weighted by Crippen LogP contribution is 2.54. The highest BCUT2D eigenvalue weighted by Gasteiger charge is 2.36. The van der Waals surface area contributed by atoms with Crippen LogP contribution in [-0.4, -0.2) is 26.4 Å². The van der Waals surface area contributed by atoms with Crippen molar-refractivity contribution in [2.45, 2.75) is 19.3 Å². The van der Waals surface area contributed by atoms with Gasteiger partial charge in [-0.1, -0.05) is 30.3 Å². The molecule has 21 heavy (non-hydrogen) atoms. The van der Waals surface area contributed by atoms with Gasteiger partial charge in [0.15, 0.2) is 0 Å². The third kappa shape index (κ3) is 3.36. The van der Waals surface area contributed by atoms with Crippen LogP contribution in [0.4, 0.5) is 0 Å². The summed E-state index contributed by atoms with van der Waals surface area (Å²) in [6, 6.07) is 9.58. The minimum atomic E-state index is -3.20. The van der Waals surface area contributed by atoms with Crippen molar-refractivity contribution in [1.29, 1.82) is 0 Å². The van der Waals surface area contributed by atoms with Crippen LogP contribution in [0.2, 0.25) is 0 Å². The summed E-state index contributed by atoms with van der Waals surface area (Å²) in [5, 5.41) is 0. The van der Waals surface area contributed by atoms with Crippen LogP contribution < -0.4 is 0 Å². The van der Waals surface area contributed by atoms with E-state index in [0.717, 1.165) is 5.56 Å². The second-order valence-corrected chi connectivity index (χ2v) is 7.04. The standard InChI is InChI=1S/C15H19O5P/c1-11-14(15(16)18-2)13(12-7-5-4-6-8-12)9-10-21(17,19-3)20-11/h4-8,13H,9-10H2,1-3H3/t13-,21+/m0/s1. The van der Waals surface area contributed by atoms with E-state index in [9.17, 15) is 9.36 Å². The smallest absolute Gasteiger partial charge is 0.378 e. The van der Waals surface area contributed by atoms with Gasteiger partial charge in [-0.15, -0.1) is 0 Å². The van der Waals surface area contributed by atoms with E-state index in [2.05, 4.69) is 0 Å². The normalized spacial score (nSPS) is 26.0. The van der Waals surface area contributed by atoms with Gasteiger partial charge in [0.2, 0.25) is 0 Å². The first-order chi connectivity index (χ1) is 10.0. The number of methoxy groups -OCH3 is 1. The number of rotatable bonds is 3. The van der Waals surface area contributed by atoms with E-state index in [4.69, 9.17) is 13.8 Å². The predicted octanol–water partition coefficient (Wildman–Crippen LogP) is 3.48. The number of allylic oxidation sites excluding steroid dienone is 1. The first-order valence-corrected chi connectivity index (χ1v) is 8.42. The van der Waals surface area contributed by atoms with Crippen molar-refractivity contribution in [2.24, 2.45) is 0 Å². The first kappa shape index (κ1) is 15.8. The summed E-state index contributed by atoms with van der Waals surface area (Å²) in [6.45, 7) is 1.62. The zero-order valence-corrected chi connectivity index (χ0v) is 13.3. The Morgan fingerprint density at radius 2 is 1.95 bits per heavy atom. The summed E-state index contributed by atoms with van der Waals surface area (Å²) in [5.41, 5.74) is 1.36. The van der Waals surface area contributed by atoms with Crippen molar-refractivity contribution in [3.63, 3.8) is 0 Å². The van der Waals surface area contributed by atoms with Crippen molar-refractivity contribution in [3.05, 3.63) is 47.2 Å². The van der Waals surface area contributed by atoms with Gasteiger partial charge < -0.3 is 13.8 Å². The van der Waals surface area contributed by atoms with E-state index in [-0.39, 0.29) is 12.1 Å². The monoisotopic (exact) mass is 310 g/mol. The van der Waals surface area contributed by atoms with Crippen molar-refractivity contribution >= 4 is 13.6 Å². The number of hydrogen-bond donors (Lipinski definition) is 0. The minimum absolute atomic E-state index is 0.218. The molecule has 1 aromatic carbocycles. The fourth-order valence-corrected chi connectivity index (χ4v) is 3.96. The fourth-order valence-electron chi connectivity index (χ4n) is 2.52. The number of benzene rings is 1. The van der Waals surface area contributed by atoms with Gasteiger partial charge in [-0.05, 0) is 18.9 Å². The Kier molecular flexibility index (Phi) is 4.86. The summed E-state index contributed by atoms with van der Waals surface area (Å²) >= 11 is 0. The SMILES string of the molecule is COC(=O)C1=C(C)O[P@](=O)(OC)CC[C@H]1c1ccccc1. The molecule has 0 aliphatic carbocycles. The van der Waals surface area contributed by atoms with Gasteiger partial charge in [0.1, 0.15) is 5.76 Å². The van der Waals surface area contributed by atoms with E-state index >= 15 is 0 Å². The van der Waals surface area contributed by atoms with Crippen LogP contribution >= 0.6 is 7.60 Å². The van der Waals surface area contributed by atoms with Crippen LogP contribution in [0.25, 0.3) is 0 Å². The Morgan fingerprint density at radius 1 is 1.29 bits per heavy atom. The molecule has 0 N–H and O–H groups in total. The molecule has 0 bridgehead atoms. The largest absolute Gasteiger partial charge is 0.466 e. The molecule has 6 heteroatoms. The van der Waals surface area contributed by atoms with Crippen molar-refractivity contribution in [1.82, 2.24) is 0 Å². The van der Waals surface area contributed by atoms with Gasteiger partial charge in [-0.3, -0.25) is 0 Å². The van der Waals surface area contributed by atoms with E-state index in [1.54, 1.807) is 6.92 Å². The third-order valence-electron chi connectivity index (χ3n) is 3.58. The van der Waals surface area contributed by atoms with E-state index in [1.807, 2.05) is 30.3 Å². The Morgan fingerprint density at radius 3 is 2.52 bits per heavy atom. The van der Waals surface area contributed by atoms with Crippen LogP contribution in [-0.2, 0) is 23.1 Å².